The molecule has 0 unspecified atom stereocenters. The second kappa shape index (κ2) is 5.02. The summed E-state index contributed by atoms with van der Waals surface area (Å²) < 4.78 is 0. The summed E-state index contributed by atoms with van der Waals surface area (Å²) in [5.74, 6) is 0. The highest BCUT2D eigenvalue weighted by Crippen LogP contribution is 2.41. The van der Waals surface area contributed by atoms with Crippen molar-refractivity contribution in [2.75, 3.05) is 23.3 Å². The van der Waals surface area contributed by atoms with Crippen LogP contribution in [0.25, 0.3) is 0 Å². The van der Waals surface area contributed by atoms with Crippen LogP contribution >= 0.6 is 0 Å². The minimum atomic E-state index is -0.256. The van der Waals surface area contributed by atoms with E-state index in [2.05, 4.69) is 28.4 Å². The molecule has 2 heterocycles. The average Bonchev–Trinajstić information content (AvgIpc) is 3.02. The Labute approximate surface area is 128 Å². The number of hydrogen-bond donors (Lipinski definition) is 1. The molecule has 0 fully saturated rings. The normalized spacial score (nSPS) is 15.9. The fraction of sp³-hybridized carbons (Fsp3) is 0.294. The Hall–Kier alpha value is -2.56. The monoisotopic (exact) mass is 295 g/mol. The SMILES string of the molecule is O=[N+]([O-])c1ccc2c(c1N1CCc3ccccc3C1)CCN2. The van der Waals surface area contributed by atoms with Crippen LogP contribution in [0.2, 0.25) is 0 Å². The lowest BCUT2D eigenvalue weighted by atomic mass is 9.98. The van der Waals surface area contributed by atoms with Gasteiger partial charge in [0.25, 0.3) is 5.69 Å². The van der Waals surface area contributed by atoms with Crippen LogP contribution in [0.4, 0.5) is 17.1 Å². The zero-order valence-corrected chi connectivity index (χ0v) is 12.2. The van der Waals surface area contributed by atoms with Gasteiger partial charge < -0.3 is 10.2 Å². The largest absolute Gasteiger partial charge is 0.384 e. The van der Waals surface area contributed by atoms with E-state index in [1.54, 1.807) is 6.07 Å². The zero-order chi connectivity index (χ0) is 15.1. The summed E-state index contributed by atoms with van der Waals surface area (Å²) in [4.78, 5) is 13.4. The van der Waals surface area contributed by atoms with Crippen molar-refractivity contribution in [2.45, 2.75) is 19.4 Å². The Morgan fingerprint density at radius 1 is 1.09 bits per heavy atom. The Bertz CT molecular complexity index is 758. The molecule has 5 heteroatoms. The second-order valence-corrected chi connectivity index (χ2v) is 5.83. The lowest BCUT2D eigenvalue weighted by Gasteiger charge is -2.31. The number of benzene rings is 2. The number of hydrogen-bond acceptors (Lipinski definition) is 4. The van der Waals surface area contributed by atoms with Crippen molar-refractivity contribution in [2.24, 2.45) is 0 Å². The van der Waals surface area contributed by atoms with Gasteiger partial charge in [0.1, 0.15) is 5.69 Å². The summed E-state index contributed by atoms with van der Waals surface area (Å²) in [5.41, 5.74) is 5.79. The first-order valence-electron chi connectivity index (χ1n) is 7.60. The van der Waals surface area contributed by atoms with Crippen LogP contribution < -0.4 is 10.2 Å². The Balaban J connectivity index is 1.80. The van der Waals surface area contributed by atoms with Crippen molar-refractivity contribution in [3.05, 3.63) is 63.2 Å². The summed E-state index contributed by atoms with van der Waals surface area (Å²) in [6, 6.07) is 11.8. The van der Waals surface area contributed by atoms with E-state index in [-0.39, 0.29) is 10.6 Å². The lowest BCUT2D eigenvalue weighted by molar-refractivity contribution is -0.384. The molecule has 1 N–H and O–H groups in total. The molecular weight excluding hydrogens is 278 g/mol. The summed E-state index contributed by atoms with van der Waals surface area (Å²) in [5, 5.41) is 14.8. The number of nitro benzene ring substituents is 1. The van der Waals surface area contributed by atoms with E-state index >= 15 is 0 Å². The Morgan fingerprint density at radius 3 is 2.73 bits per heavy atom. The number of nitrogens with zero attached hydrogens (tertiary/aromatic N) is 2. The van der Waals surface area contributed by atoms with Crippen molar-refractivity contribution in [1.82, 2.24) is 0 Å². The summed E-state index contributed by atoms with van der Waals surface area (Å²) in [7, 11) is 0. The average molecular weight is 295 g/mol. The fourth-order valence-corrected chi connectivity index (χ4v) is 3.55. The third-order valence-electron chi connectivity index (χ3n) is 4.60. The maximum Gasteiger partial charge on any atom is 0.292 e. The van der Waals surface area contributed by atoms with E-state index in [0.717, 1.165) is 49.4 Å². The second-order valence-electron chi connectivity index (χ2n) is 5.83. The van der Waals surface area contributed by atoms with Crippen LogP contribution in [0.15, 0.2) is 36.4 Å². The van der Waals surface area contributed by atoms with Gasteiger partial charge in [0, 0.05) is 37.0 Å². The fourth-order valence-electron chi connectivity index (χ4n) is 3.55. The van der Waals surface area contributed by atoms with E-state index < -0.39 is 0 Å². The first kappa shape index (κ1) is 13.1. The predicted molar refractivity (Wildman–Crippen MR) is 86.5 cm³/mol. The molecule has 2 aromatic rings. The van der Waals surface area contributed by atoms with Gasteiger partial charge in [-0.1, -0.05) is 24.3 Å². The van der Waals surface area contributed by atoms with Crippen LogP contribution in [-0.4, -0.2) is 18.0 Å². The Morgan fingerprint density at radius 2 is 1.91 bits per heavy atom. The highest BCUT2D eigenvalue weighted by atomic mass is 16.6. The van der Waals surface area contributed by atoms with Crippen LogP contribution in [0.5, 0.6) is 0 Å². The van der Waals surface area contributed by atoms with Gasteiger partial charge in [0.15, 0.2) is 0 Å². The predicted octanol–water partition coefficient (Wildman–Crippen LogP) is 3.13. The molecule has 0 spiro atoms. The van der Waals surface area contributed by atoms with Crippen LogP contribution in [0.1, 0.15) is 16.7 Å². The Kier molecular flexibility index (Phi) is 2.99. The molecule has 5 nitrogen and oxygen atoms in total. The van der Waals surface area contributed by atoms with Crippen LogP contribution in [0.3, 0.4) is 0 Å². The van der Waals surface area contributed by atoms with Crippen molar-refractivity contribution < 1.29 is 4.92 Å². The molecule has 4 rings (SSSR count). The molecular formula is C17H17N3O2. The summed E-state index contributed by atoms with van der Waals surface area (Å²) in [6.45, 7) is 2.43. The molecule has 2 aromatic carbocycles. The van der Waals surface area contributed by atoms with Gasteiger partial charge >= 0.3 is 0 Å². The molecule has 2 aliphatic heterocycles. The van der Waals surface area contributed by atoms with Crippen LogP contribution in [0, 0.1) is 10.1 Å². The first-order valence-corrected chi connectivity index (χ1v) is 7.60. The minimum Gasteiger partial charge on any atom is -0.384 e. The van der Waals surface area contributed by atoms with Gasteiger partial charge in [-0.05, 0) is 30.0 Å². The van der Waals surface area contributed by atoms with Crippen molar-refractivity contribution in [1.29, 1.82) is 0 Å². The molecule has 0 saturated heterocycles. The standard InChI is InChI=1S/C17H17N3O2/c21-20(22)16-6-5-15-14(7-9-18-15)17(16)19-10-8-12-3-1-2-4-13(12)11-19/h1-6,18H,7-11H2. The summed E-state index contributed by atoms with van der Waals surface area (Å²) >= 11 is 0. The molecule has 0 aliphatic carbocycles. The van der Waals surface area contributed by atoms with Crippen molar-refractivity contribution >= 4 is 17.1 Å². The number of anilines is 2. The van der Waals surface area contributed by atoms with E-state index in [1.807, 2.05) is 12.1 Å². The molecule has 2 aliphatic rings. The number of fused-ring (bicyclic) bond motifs is 2. The minimum absolute atomic E-state index is 0.224. The third-order valence-corrected chi connectivity index (χ3v) is 4.60. The molecule has 112 valence electrons. The summed E-state index contributed by atoms with van der Waals surface area (Å²) in [6.07, 6.45) is 1.79. The van der Waals surface area contributed by atoms with Crippen LogP contribution in [-0.2, 0) is 19.4 Å². The van der Waals surface area contributed by atoms with E-state index in [4.69, 9.17) is 0 Å². The zero-order valence-electron chi connectivity index (χ0n) is 12.2. The molecule has 22 heavy (non-hydrogen) atoms. The van der Waals surface area contributed by atoms with Crippen molar-refractivity contribution in [3.8, 4) is 0 Å². The maximum absolute atomic E-state index is 11.5. The van der Waals surface area contributed by atoms with Gasteiger partial charge in [-0.3, -0.25) is 10.1 Å². The topological polar surface area (TPSA) is 58.4 Å². The number of nitro groups is 1. The van der Waals surface area contributed by atoms with Gasteiger partial charge in [0.05, 0.1) is 4.92 Å². The number of nitrogens with one attached hydrogen (secondary N) is 1. The molecule has 0 aromatic heterocycles. The van der Waals surface area contributed by atoms with E-state index in [9.17, 15) is 10.1 Å². The third kappa shape index (κ3) is 2.01. The maximum atomic E-state index is 11.5. The van der Waals surface area contributed by atoms with Crippen molar-refractivity contribution in [3.63, 3.8) is 0 Å². The molecule has 0 atom stereocenters. The van der Waals surface area contributed by atoms with E-state index in [0.29, 0.717) is 0 Å². The van der Waals surface area contributed by atoms with Gasteiger partial charge in [-0.2, -0.15) is 0 Å². The highest BCUT2D eigenvalue weighted by Gasteiger charge is 2.29. The highest BCUT2D eigenvalue weighted by molar-refractivity contribution is 5.78. The molecule has 0 amide bonds. The van der Waals surface area contributed by atoms with E-state index in [1.165, 1.54) is 11.1 Å². The first-order chi connectivity index (χ1) is 10.7. The van der Waals surface area contributed by atoms with Gasteiger partial charge in [0.2, 0.25) is 0 Å². The van der Waals surface area contributed by atoms with Gasteiger partial charge in [-0.25, -0.2) is 0 Å². The molecule has 0 radical (unpaired) electrons. The number of rotatable bonds is 2. The van der Waals surface area contributed by atoms with Gasteiger partial charge in [-0.15, -0.1) is 0 Å². The lowest BCUT2D eigenvalue weighted by Crippen LogP contribution is -2.31. The smallest absolute Gasteiger partial charge is 0.292 e. The molecule has 0 bridgehead atoms. The quantitative estimate of drug-likeness (QED) is 0.683. The molecule has 0 saturated carbocycles.